The molecule has 1 aromatic heterocycles. The van der Waals surface area contributed by atoms with Crippen LogP contribution >= 0.6 is 0 Å². The van der Waals surface area contributed by atoms with E-state index in [-0.39, 0.29) is 11.7 Å². The van der Waals surface area contributed by atoms with Gasteiger partial charge in [-0.3, -0.25) is 10.1 Å². The first-order valence-electron chi connectivity index (χ1n) is 7.00. The van der Waals surface area contributed by atoms with Crippen LogP contribution in [0.25, 0.3) is 22.4 Å². The summed E-state index contributed by atoms with van der Waals surface area (Å²) in [5, 5.41) is 10.8. The molecule has 116 valence electrons. The van der Waals surface area contributed by atoms with Crippen molar-refractivity contribution in [3.05, 3.63) is 58.1 Å². The van der Waals surface area contributed by atoms with Crippen molar-refractivity contribution < 1.29 is 14.5 Å². The van der Waals surface area contributed by atoms with Gasteiger partial charge in [0, 0.05) is 17.7 Å². The van der Waals surface area contributed by atoms with Gasteiger partial charge in [-0.1, -0.05) is 12.1 Å². The second-order valence-corrected chi connectivity index (χ2v) is 4.84. The summed E-state index contributed by atoms with van der Waals surface area (Å²) in [5.41, 5.74) is 2.45. The maximum Gasteiger partial charge on any atom is 0.338 e. The van der Waals surface area contributed by atoms with E-state index in [1.165, 1.54) is 12.1 Å². The van der Waals surface area contributed by atoms with E-state index in [9.17, 15) is 14.9 Å². The van der Waals surface area contributed by atoms with Crippen molar-refractivity contribution in [2.75, 3.05) is 6.61 Å². The molecule has 1 N–H and O–H groups in total. The van der Waals surface area contributed by atoms with Crippen LogP contribution in [0.5, 0.6) is 0 Å². The molecule has 0 saturated carbocycles. The molecule has 0 amide bonds. The minimum Gasteiger partial charge on any atom is -0.462 e. The van der Waals surface area contributed by atoms with Crippen LogP contribution in [0, 0.1) is 10.1 Å². The number of esters is 1. The number of nitro groups is 1. The molecular formula is C16H13N3O4. The summed E-state index contributed by atoms with van der Waals surface area (Å²) in [6.07, 6.45) is 0. The van der Waals surface area contributed by atoms with E-state index in [2.05, 4.69) is 9.97 Å². The van der Waals surface area contributed by atoms with E-state index in [1.54, 1.807) is 37.3 Å². The molecule has 0 atom stereocenters. The molecule has 7 nitrogen and oxygen atoms in total. The van der Waals surface area contributed by atoms with E-state index in [0.29, 0.717) is 29.0 Å². The number of carbonyl (C=O) groups excluding carboxylic acids is 1. The number of rotatable bonds is 4. The molecule has 0 radical (unpaired) electrons. The van der Waals surface area contributed by atoms with Crippen molar-refractivity contribution >= 4 is 22.7 Å². The molecule has 0 aliphatic rings. The summed E-state index contributed by atoms with van der Waals surface area (Å²) >= 11 is 0. The Morgan fingerprint density at radius 1 is 1.26 bits per heavy atom. The van der Waals surface area contributed by atoms with Crippen LogP contribution in [-0.4, -0.2) is 27.5 Å². The predicted molar refractivity (Wildman–Crippen MR) is 84.1 cm³/mol. The normalized spacial score (nSPS) is 10.7. The van der Waals surface area contributed by atoms with Crippen molar-refractivity contribution in [2.24, 2.45) is 0 Å². The highest BCUT2D eigenvalue weighted by Gasteiger charge is 2.12. The van der Waals surface area contributed by atoms with Gasteiger partial charge < -0.3 is 9.72 Å². The topological polar surface area (TPSA) is 98.1 Å². The minimum atomic E-state index is -0.456. The third-order valence-electron chi connectivity index (χ3n) is 3.35. The SMILES string of the molecule is CCOC(=O)c1ccc(-c2nc3cc([N+](=O)[O-])ccc3[nH]2)cc1. The van der Waals surface area contributed by atoms with Gasteiger partial charge in [0.25, 0.3) is 5.69 Å². The van der Waals surface area contributed by atoms with Gasteiger partial charge in [0.15, 0.2) is 0 Å². The third-order valence-corrected chi connectivity index (χ3v) is 3.35. The van der Waals surface area contributed by atoms with Gasteiger partial charge in [-0.15, -0.1) is 0 Å². The highest BCUT2D eigenvalue weighted by atomic mass is 16.6. The number of non-ortho nitro benzene ring substituents is 1. The van der Waals surface area contributed by atoms with Crippen molar-refractivity contribution in [3.8, 4) is 11.4 Å². The Labute approximate surface area is 131 Å². The van der Waals surface area contributed by atoms with Crippen molar-refractivity contribution in [1.82, 2.24) is 9.97 Å². The lowest BCUT2D eigenvalue weighted by molar-refractivity contribution is -0.384. The van der Waals surface area contributed by atoms with Gasteiger partial charge in [0.1, 0.15) is 5.82 Å². The van der Waals surface area contributed by atoms with E-state index >= 15 is 0 Å². The quantitative estimate of drug-likeness (QED) is 0.453. The molecule has 3 aromatic rings. The smallest absolute Gasteiger partial charge is 0.338 e. The van der Waals surface area contributed by atoms with E-state index < -0.39 is 4.92 Å². The van der Waals surface area contributed by atoms with Crippen LogP contribution < -0.4 is 0 Å². The summed E-state index contributed by atoms with van der Waals surface area (Å²) < 4.78 is 4.93. The zero-order valence-corrected chi connectivity index (χ0v) is 12.3. The van der Waals surface area contributed by atoms with E-state index in [1.807, 2.05) is 0 Å². The first-order chi connectivity index (χ1) is 11.1. The molecule has 0 bridgehead atoms. The van der Waals surface area contributed by atoms with Gasteiger partial charge in [-0.25, -0.2) is 9.78 Å². The van der Waals surface area contributed by atoms with Crippen LogP contribution in [0.3, 0.4) is 0 Å². The second kappa shape index (κ2) is 5.88. The number of hydrogen-bond donors (Lipinski definition) is 1. The van der Waals surface area contributed by atoms with Crippen molar-refractivity contribution in [3.63, 3.8) is 0 Å². The van der Waals surface area contributed by atoms with Gasteiger partial charge in [0.05, 0.1) is 28.1 Å². The predicted octanol–water partition coefficient (Wildman–Crippen LogP) is 3.31. The first-order valence-corrected chi connectivity index (χ1v) is 7.00. The van der Waals surface area contributed by atoms with Crippen LogP contribution in [0.2, 0.25) is 0 Å². The number of benzene rings is 2. The highest BCUT2D eigenvalue weighted by Crippen LogP contribution is 2.24. The average molecular weight is 311 g/mol. The first kappa shape index (κ1) is 14.7. The molecule has 0 aliphatic carbocycles. The Morgan fingerprint density at radius 2 is 2.00 bits per heavy atom. The van der Waals surface area contributed by atoms with Crippen LogP contribution in [0.4, 0.5) is 5.69 Å². The Morgan fingerprint density at radius 3 is 2.65 bits per heavy atom. The lowest BCUT2D eigenvalue weighted by Crippen LogP contribution is -2.04. The molecule has 0 unspecified atom stereocenters. The molecular weight excluding hydrogens is 298 g/mol. The fourth-order valence-electron chi connectivity index (χ4n) is 2.22. The number of fused-ring (bicyclic) bond motifs is 1. The number of carbonyl (C=O) groups is 1. The van der Waals surface area contributed by atoms with Crippen LogP contribution in [0.15, 0.2) is 42.5 Å². The molecule has 0 saturated heterocycles. The molecule has 23 heavy (non-hydrogen) atoms. The molecule has 2 aromatic carbocycles. The van der Waals surface area contributed by atoms with E-state index in [4.69, 9.17) is 4.74 Å². The standard InChI is InChI=1S/C16H13N3O4/c1-2-23-16(20)11-5-3-10(4-6-11)15-17-13-8-7-12(19(21)22)9-14(13)18-15/h3-9H,2H2,1H3,(H,17,18). The minimum absolute atomic E-state index is 0.00629. The largest absolute Gasteiger partial charge is 0.462 e. The summed E-state index contributed by atoms with van der Waals surface area (Å²) in [7, 11) is 0. The number of aromatic nitrogens is 2. The number of nitrogens with one attached hydrogen (secondary N) is 1. The number of hydrogen-bond acceptors (Lipinski definition) is 5. The Hall–Kier alpha value is -3.22. The number of nitrogens with zero attached hydrogens (tertiary/aromatic N) is 2. The van der Waals surface area contributed by atoms with Gasteiger partial charge in [-0.2, -0.15) is 0 Å². The lowest BCUT2D eigenvalue weighted by Gasteiger charge is -2.02. The summed E-state index contributed by atoms with van der Waals surface area (Å²) in [6, 6.07) is 11.3. The zero-order valence-electron chi connectivity index (χ0n) is 12.3. The fraction of sp³-hybridized carbons (Fsp3) is 0.125. The molecule has 0 fully saturated rings. The number of ether oxygens (including phenoxy) is 1. The molecule has 1 heterocycles. The highest BCUT2D eigenvalue weighted by molar-refractivity contribution is 5.90. The van der Waals surface area contributed by atoms with Crippen molar-refractivity contribution in [2.45, 2.75) is 6.92 Å². The molecule has 3 rings (SSSR count). The number of imidazole rings is 1. The van der Waals surface area contributed by atoms with Gasteiger partial charge in [0.2, 0.25) is 0 Å². The average Bonchev–Trinajstić information content (AvgIpc) is 2.98. The van der Waals surface area contributed by atoms with Gasteiger partial charge >= 0.3 is 5.97 Å². The number of nitro benzene ring substituents is 1. The summed E-state index contributed by atoms with van der Waals surface area (Å²) in [6.45, 7) is 2.07. The van der Waals surface area contributed by atoms with Crippen molar-refractivity contribution in [1.29, 1.82) is 0 Å². The lowest BCUT2D eigenvalue weighted by atomic mass is 10.1. The van der Waals surface area contributed by atoms with Gasteiger partial charge in [-0.05, 0) is 25.1 Å². The number of aromatic amines is 1. The zero-order chi connectivity index (χ0) is 16.4. The van der Waals surface area contributed by atoms with Crippen LogP contribution in [0.1, 0.15) is 17.3 Å². The maximum atomic E-state index is 11.6. The Balaban J connectivity index is 1.93. The maximum absolute atomic E-state index is 11.6. The Kier molecular flexibility index (Phi) is 3.76. The number of H-pyrrole nitrogens is 1. The third kappa shape index (κ3) is 2.89. The van der Waals surface area contributed by atoms with E-state index in [0.717, 1.165) is 5.56 Å². The Bertz CT molecular complexity index is 884. The van der Waals surface area contributed by atoms with Crippen LogP contribution in [-0.2, 0) is 4.74 Å². The molecule has 7 heteroatoms. The monoisotopic (exact) mass is 311 g/mol. The molecule has 0 spiro atoms. The molecule has 0 aliphatic heterocycles. The fourth-order valence-corrected chi connectivity index (χ4v) is 2.22. The second-order valence-electron chi connectivity index (χ2n) is 4.84. The summed E-state index contributed by atoms with van der Waals surface area (Å²) in [5.74, 6) is 0.204. The summed E-state index contributed by atoms with van der Waals surface area (Å²) in [4.78, 5) is 29.4.